The first kappa shape index (κ1) is 29.8. The molecular weight excluding hydrogens is 490 g/mol. The van der Waals surface area contributed by atoms with Crippen LogP contribution in [0.5, 0.6) is 0 Å². The second-order valence-electron chi connectivity index (χ2n) is 8.52. The van der Waals surface area contributed by atoms with Gasteiger partial charge in [-0.3, -0.25) is 14.6 Å². The smallest absolute Gasteiger partial charge is 0.229 e. The van der Waals surface area contributed by atoms with Crippen LogP contribution in [0.3, 0.4) is 0 Å². The number of hydrogen-bond donors (Lipinski definition) is 5. The fourth-order valence-electron chi connectivity index (χ4n) is 3.68. The predicted molar refractivity (Wildman–Crippen MR) is 156 cm³/mol. The summed E-state index contributed by atoms with van der Waals surface area (Å²) in [4.78, 5) is 12.8. The number of H-pyrrole nitrogens is 1. The minimum absolute atomic E-state index is 0.556. The van der Waals surface area contributed by atoms with E-state index >= 15 is 0 Å². The Balaban J connectivity index is 0.000000616. The zero-order valence-electron chi connectivity index (χ0n) is 22.3. The van der Waals surface area contributed by atoms with E-state index in [1.807, 2.05) is 63.6 Å². The Kier molecular flexibility index (Phi) is 12.1. The molecule has 0 spiro atoms. The summed E-state index contributed by atoms with van der Waals surface area (Å²) in [5, 5.41) is 16.6. The quantitative estimate of drug-likeness (QED) is 0.283. The summed E-state index contributed by atoms with van der Waals surface area (Å²) in [6, 6.07) is 11.2. The molecule has 3 aromatic rings. The van der Waals surface area contributed by atoms with Crippen LogP contribution in [-0.4, -0.2) is 72.1 Å². The van der Waals surface area contributed by atoms with Gasteiger partial charge < -0.3 is 20.9 Å². The van der Waals surface area contributed by atoms with Gasteiger partial charge in [-0.2, -0.15) is 5.10 Å². The molecular formula is C26H39N7O3S. The maximum Gasteiger partial charge on any atom is 0.229 e. The van der Waals surface area contributed by atoms with E-state index in [0.717, 1.165) is 60.9 Å². The summed E-state index contributed by atoms with van der Waals surface area (Å²) in [7, 11) is 2.26. The van der Waals surface area contributed by atoms with Crippen LogP contribution in [0.15, 0.2) is 36.4 Å². The third-order valence-electron chi connectivity index (χ3n) is 5.35. The van der Waals surface area contributed by atoms with Gasteiger partial charge in [-0.05, 0) is 76.4 Å². The number of carbonyl (C=O) groups excluding carboxylic acids is 1. The van der Waals surface area contributed by atoms with E-state index in [-0.39, 0.29) is 0 Å². The number of aromatic nitrogens is 2. The molecule has 0 aliphatic carbocycles. The molecule has 10 nitrogen and oxygen atoms in total. The number of anilines is 3. The van der Waals surface area contributed by atoms with Crippen molar-refractivity contribution < 1.29 is 13.2 Å². The van der Waals surface area contributed by atoms with Gasteiger partial charge in [0, 0.05) is 24.2 Å². The molecule has 0 unspecified atom stereocenters. The highest BCUT2D eigenvalue weighted by Crippen LogP contribution is 2.35. The summed E-state index contributed by atoms with van der Waals surface area (Å²) >= 11 is 0. The Morgan fingerprint density at radius 3 is 2.35 bits per heavy atom. The topological polar surface area (TPSA) is 131 Å². The molecule has 1 fully saturated rings. The molecule has 0 atom stereocenters. The van der Waals surface area contributed by atoms with E-state index in [1.54, 1.807) is 6.07 Å². The number of carbonyl (C=O) groups is 1. The van der Waals surface area contributed by atoms with E-state index < -0.39 is 10.0 Å². The van der Waals surface area contributed by atoms with Crippen LogP contribution in [-0.2, 0) is 14.8 Å². The first-order chi connectivity index (χ1) is 17.8. The maximum absolute atomic E-state index is 11.9. The minimum Gasteiger partial charge on any atom is -0.370 e. The zero-order valence-corrected chi connectivity index (χ0v) is 23.1. The number of nitrogens with zero attached hydrogens (tertiary/aromatic N) is 2. The van der Waals surface area contributed by atoms with Gasteiger partial charge in [-0.25, -0.2) is 8.42 Å². The van der Waals surface area contributed by atoms with Gasteiger partial charge in [-0.1, -0.05) is 25.1 Å². The van der Waals surface area contributed by atoms with Gasteiger partial charge in [0.15, 0.2) is 0 Å². The van der Waals surface area contributed by atoms with Crippen molar-refractivity contribution in [3.05, 3.63) is 47.7 Å². The van der Waals surface area contributed by atoms with Crippen LogP contribution in [0.25, 0.3) is 23.1 Å². The van der Waals surface area contributed by atoms with Crippen molar-refractivity contribution in [2.45, 2.75) is 19.8 Å². The Morgan fingerprint density at radius 2 is 1.76 bits per heavy atom. The Labute approximate surface area is 220 Å². The van der Waals surface area contributed by atoms with Crippen LogP contribution in [0, 0.1) is 0 Å². The molecule has 4 rings (SSSR count). The first-order valence-electron chi connectivity index (χ1n) is 12.2. The number of benzene rings is 2. The van der Waals surface area contributed by atoms with Gasteiger partial charge in [0.1, 0.15) is 0 Å². The Bertz CT molecular complexity index is 1260. The van der Waals surface area contributed by atoms with E-state index in [2.05, 4.69) is 42.7 Å². The number of sulfonamides is 1. The normalized spacial score (nSPS) is 13.1. The summed E-state index contributed by atoms with van der Waals surface area (Å²) in [6.07, 6.45) is 7.72. The van der Waals surface area contributed by atoms with Crippen LogP contribution in [0.1, 0.15) is 31.0 Å². The average molecular weight is 530 g/mol. The summed E-state index contributed by atoms with van der Waals surface area (Å²) < 4.78 is 26.5. The highest BCUT2D eigenvalue weighted by molar-refractivity contribution is 7.92. The molecule has 1 saturated heterocycles. The van der Waals surface area contributed by atoms with Crippen LogP contribution in [0.4, 0.5) is 17.1 Å². The predicted octanol–water partition coefficient (Wildman–Crippen LogP) is 3.33. The minimum atomic E-state index is -3.42. The number of fused-ring (bicyclic) bond motifs is 1. The molecule has 0 saturated carbocycles. The van der Waals surface area contributed by atoms with Gasteiger partial charge in [0.25, 0.3) is 0 Å². The van der Waals surface area contributed by atoms with E-state index in [0.29, 0.717) is 23.5 Å². The van der Waals surface area contributed by atoms with Gasteiger partial charge in [-0.15, -0.1) is 0 Å². The van der Waals surface area contributed by atoms with Crippen molar-refractivity contribution in [1.82, 2.24) is 20.8 Å². The van der Waals surface area contributed by atoms with Gasteiger partial charge in [0.2, 0.25) is 16.4 Å². The summed E-state index contributed by atoms with van der Waals surface area (Å²) in [5.74, 6) is 0. The second kappa shape index (κ2) is 15.0. The third kappa shape index (κ3) is 9.52. The maximum atomic E-state index is 11.9. The lowest BCUT2D eigenvalue weighted by Crippen LogP contribution is -2.20. The molecule has 1 aromatic heterocycles. The van der Waals surface area contributed by atoms with Crippen molar-refractivity contribution in [1.29, 1.82) is 0 Å². The molecule has 0 bridgehead atoms. The van der Waals surface area contributed by atoms with Gasteiger partial charge >= 0.3 is 0 Å². The Morgan fingerprint density at radius 1 is 1.08 bits per heavy atom. The van der Waals surface area contributed by atoms with Crippen molar-refractivity contribution in [3.63, 3.8) is 0 Å². The molecule has 1 aliphatic heterocycles. The lowest BCUT2D eigenvalue weighted by atomic mass is 10.1. The van der Waals surface area contributed by atoms with Gasteiger partial charge in [0.05, 0.1) is 28.8 Å². The zero-order chi connectivity index (χ0) is 27.3. The molecule has 202 valence electrons. The van der Waals surface area contributed by atoms with Crippen molar-refractivity contribution in [2.24, 2.45) is 0 Å². The van der Waals surface area contributed by atoms with E-state index in [1.165, 1.54) is 0 Å². The molecule has 11 heteroatoms. The molecule has 5 N–H and O–H groups in total. The largest absolute Gasteiger partial charge is 0.370 e. The second-order valence-corrected chi connectivity index (χ2v) is 10.3. The van der Waals surface area contributed by atoms with E-state index in [9.17, 15) is 13.2 Å². The third-order valence-corrected chi connectivity index (χ3v) is 5.94. The molecule has 1 aliphatic rings. The number of aromatic amines is 1. The van der Waals surface area contributed by atoms with Crippen molar-refractivity contribution >= 4 is 56.6 Å². The van der Waals surface area contributed by atoms with Crippen molar-refractivity contribution in [2.75, 3.05) is 62.0 Å². The number of nitrogens with one attached hydrogen (secondary N) is 5. The first-order valence-corrected chi connectivity index (χ1v) is 14.1. The monoisotopic (exact) mass is 529 g/mol. The van der Waals surface area contributed by atoms with Crippen LogP contribution < -0.4 is 25.6 Å². The van der Waals surface area contributed by atoms with E-state index in [4.69, 9.17) is 0 Å². The molecule has 1 amide bonds. The molecule has 2 aromatic carbocycles. The lowest BCUT2D eigenvalue weighted by molar-refractivity contribution is -0.105. The van der Waals surface area contributed by atoms with Crippen molar-refractivity contribution in [3.8, 4) is 0 Å². The summed E-state index contributed by atoms with van der Waals surface area (Å²) in [5.41, 5.74) is 4.56. The molecule has 0 radical (unpaired) electrons. The fraction of sp³-hybridized carbons (Fsp3) is 0.385. The number of rotatable bonds is 8. The highest BCUT2D eigenvalue weighted by atomic mass is 32.2. The molecule has 37 heavy (non-hydrogen) atoms. The number of amides is 1. The SMILES string of the molecule is CCNC.CNC.CS(=O)(=O)Nc1cc2c(/C=C/c3cccc(NC=O)c3)n[nH]c2cc1N1CCCC1. The lowest BCUT2D eigenvalue weighted by Gasteiger charge is -2.21. The molecule has 2 heterocycles. The highest BCUT2D eigenvalue weighted by Gasteiger charge is 2.20. The Hall–Kier alpha value is -3.41. The number of hydrogen-bond acceptors (Lipinski definition) is 7. The average Bonchev–Trinajstić information content (AvgIpc) is 3.53. The standard InChI is InChI=1S/C21H23N5O3S.C3H9N.C2H7N/c1-30(28,29)25-20-12-17-18(8-7-15-5-4-6-16(11-15)22-14-27)23-24-19(17)13-21(20)26-9-2-3-10-26;1-3-4-2;1-3-2/h4-8,11-14,25H,2-3,9-10H2,1H3,(H,22,27)(H,23,24);4H,3H2,1-2H3;3H,1-2H3/b8-7+;;. The summed E-state index contributed by atoms with van der Waals surface area (Å²) in [6.45, 7) is 4.94. The fourth-order valence-corrected chi connectivity index (χ4v) is 4.24. The van der Waals surface area contributed by atoms with Crippen LogP contribution >= 0.6 is 0 Å². The van der Waals surface area contributed by atoms with Crippen LogP contribution in [0.2, 0.25) is 0 Å².